The van der Waals surface area contributed by atoms with Crippen LogP contribution in [0.5, 0.6) is 0 Å². The summed E-state index contributed by atoms with van der Waals surface area (Å²) in [4.78, 5) is 0. The van der Waals surface area contributed by atoms with Crippen LogP contribution in [0.25, 0.3) is 0 Å². The van der Waals surface area contributed by atoms with Gasteiger partial charge in [0.25, 0.3) is 0 Å². The molecule has 0 aromatic rings. The zero-order valence-electron chi connectivity index (χ0n) is 16.5. The Morgan fingerprint density at radius 3 is 1.08 bits per heavy atom. The second-order valence-corrected chi connectivity index (χ2v) is 13.9. The molecular weight excluding hydrogens is 319 g/mol. The van der Waals surface area contributed by atoms with Crippen molar-refractivity contribution in [1.82, 2.24) is 0 Å². The fourth-order valence-corrected chi connectivity index (χ4v) is 10.8. The van der Waals surface area contributed by atoms with Crippen molar-refractivity contribution >= 4 is 9.24 Å². The minimum absolute atomic E-state index is 0.445. The molecule has 1 atom stereocenters. The summed E-state index contributed by atoms with van der Waals surface area (Å²) < 4.78 is 0. The van der Waals surface area contributed by atoms with E-state index >= 15 is 0 Å². The van der Waals surface area contributed by atoms with Gasteiger partial charge in [0.15, 0.2) is 0 Å². The standard InChI is InChI=1S/C24H39P/c1-24(2,25)23(21-17-5-13-3-14(7-17)8-18(21)6-13)22-19-9-15-4-16(11-19)12-20(22)10-15/h13-23H,3-12,25H2,1-2H3. The Balaban J connectivity index is 1.36. The highest BCUT2D eigenvalue weighted by atomic mass is 31.0. The van der Waals surface area contributed by atoms with Crippen molar-refractivity contribution in [3.8, 4) is 0 Å². The van der Waals surface area contributed by atoms with Crippen molar-refractivity contribution in [1.29, 1.82) is 0 Å². The lowest BCUT2D eigenvalue weighted by Gasteiger charge is -2.64. The second kappa shape index (κ2) is 5.49. The quantitative estimate of drug-likeness (QED) is 0.512. The minimum atomic E-state index is 0.445. The molecule has 0 heterocycles. The van der Waals surface area contributed by atoms with Crippen LogP contribution in [0.4, 0.5) is 0 Å². The third kappa shape index (κ3) is 2.48. The summed E-state index contributed by atoms with van der Waals surface area (Å²) in [7, 11) is 3.37. The maximum atomic E-state index is 3.37. The third-order valence-corrected chi connectivity index (χ3v) is 10.7. The number of hydrogen-bond acceptors (Lipinski definition) is 0. The third-order valence-electron chi connectivity index (χ3n) is 10.3. The van der Waals surface area contributed by atoms with Crippen molar-refractivity contribution < 1.29 is 0 Å². The first-order valence-corrected chi connectivity index (χ1v) is 12.3. The van der Waals surface area contributed by atoms with Crippen LogP contribution < -0.4 is 0 Å². The Morgan fingerprint density at radius 2 is 0.840 bits per heavy atom. The van der Waals surface area contributed by atoms with E-state index in [1.165, 1.54) is 0 Å². The van der Waals surface area contributed by atoms with Crippen molar-refractivity contribution in [2.75, 3.05) is 0 Å². The van der Waals surface area contributed by atoms with Gasteiger partial charge in [0, 0.05) is 0 Å². The van der Waals surface area contributed by atoms with Gasteiger partial charge < -0.3 is 0 Å². The van der Waals surface area contributed by atoms with Gasteiger partial charge in [-0.3, -0.25) is 0 Å². The zero-order chi connectivity index (χ0) is 16.9. The summed E-state index contributed by atoms with van der Waals surface area (Å²) >= 11 is 0. The van der Waals surface area contributed by atoms with Gasteiger partial charge in [0.2, 0.25) is 0 Å². The van der Waals surface area contributed by atoms with Gasteiger partial charge in [-0.15, -0.1) is 9.24 Å². The molecule has 0 amide bonds. The van der Waals surface area contributed by atoms with E-state index in [1.54, 1.807) is 64.2 Å². The van der Waals surface area contributed by atoms with E-state index in [9.17, 15) is 0 Å². The van der Waals surface area contributed by atoms with Gasteiger partial charge in [0.05, 0.1) is 0 Å². The van der Waals surface area contributed by atoms with E-state index in [2.05, 4.69) is 23.1 Å². The molecule has 1 unspecified atom stereocenters. The van der Waals surface area contributed by atoms with Crippen molar-refractivity contribution in [2.24, 2.45) is 65.1 Å². The molecular formula is C24H39P. The Labute approximate surface area is 157 Å². The molecule has 8 aliphatic rings. The highest BCUT2D eigenvalue weighted by Gasteiger charge is 2.58. The molecule has 1 heteroatoms. The van der Waals surface area contributed by atoms with E-state index in [4.69, 9.17) is 0 Å². The lowest BCUT2D eigenvalue weighted by molar-refractivity contribution is -0.131. The largest absolute Gasteiger partial charge is 0.131 e. The SMILES string of the molecule is CC(C)(P)C(C1C2CC3CC(C2)CC1C3)C1C2CC3CC(C2)CC1C3. The molecule has 0 aliphatic heterocycles. The van der Waals surface area contributed by atoms with Crippen LogP contribution in [0.3, 0.4) is 0 Å². The molecule has 0 saturated heterocycles. The normalized spacial score (nSPS) is 57.2. The highest BCUT2D eigenvalue weighted by molar-refractivity contribution is 7.18. The molecule has 0 aromatic heterocycles. The predicted octanol–water partition coefficient (Wildman–Crippen LogP) is 6.40. The van der Waals surface area contributed by atoms with Gasteiger partial charge in [-0.25, -0.2) is 0 Å². The average molecular weight is 359 g/mol. The molecule has 0 radical (unpaired) electrons. The molecule has 140 valence electrons. The van der Waals surface area contributed by atoms with Gasteiger partial charge in [-0.1, -0.05) is 13.8 Å². The predicted molar refractivity (Wildman–Crippen MR) is 108 cm³/mol. The van der Waals surface area contributed by atoms with Gasteiger partial charge in [-0.05, 0) is 134 Å². The highest BCUT2D eigenvalue weighted by Crippen LogP contribution is 2.66. The Bertz CT molecular complexity index is 445. The summed E-state index contributed by atoms with van der Waals surface area (Å²) in [5.41, 5.74) is 0. The molecule has 0 aromatic carbocycles. The van der Waals surface area contributed by atoms with E-state index in [-0.39, 0.29) is 0 Å². The summed E-state index contributed by atoms with van der Waals surface area (Å²) in [5.74, 6) is 12.1. The van der Waals surface area contributed by atoms with Gasteiger partial charge >= 0.3 is 0 Å². The second-order valence-electron chi connectivity index (χ2n) is 12.4. The fourth-order valence-electron chi connectivity index (χ4n) is 10.4. The van der Waals surface area contributed by atoms with Crippen molar-refractivity contribution in [3.05, 3.63) is 0 Å². The molecule has 8 saturated carbocycles. The van der Waals surface area contributed by atoms with Crippen LogP contribution in [0.15, 0.2) is 0 Å². The lowest BCUT2D eigenvalue weighted by atomic mass is 9.42. The minimum Gasteiger partial charge on any atom is -0.131 e. The van der Waals surface area contributed by atoms with Crippen LogP contribution >= 0.6 is 9.24 Å². The number of hydrogen-bond donors (Lipinski definition) is 0. The van der Waals surface area contributed by atoms with Gasteiger partial charge in [0.1, 0.15) is 0 Å². The molecule has 8 rings (SSSR count). The fraction of sp³-hybridized carbons (Fsp3) is 1.00. The van der Waals surface area contributed by atoms with Crippen LogP contribution in [0.1, 0.15) is 78.1 Å². The van der Waals surface area contributed by atoms with Crippen LogP contribution in [-0.2, 0) is 0 Å². The zero-order valence-corrected chi connectivity index (χ0v) is 17.7. The Hall–Kier alpha value is 0.430. The maximum absolute atomic E-state index is 3.37. The summed E-state index contributed by atoms with van der Waals surface area (Å²) in [6, 6.07) is 0. The first-order valence-electron chi connectivity index (χ1n) is 11.7. The molecule has 8 bridgehead atoms. The molecule has 0 N–H and O–H groups in total. The first-order chi connectivity index (χ1) is 12.0. The monoisotopic (exact) mass is 358 g/mol. The summed E-state index contributed by atoms with van der Waals surface area (Å²) in [6.45, 7) is 5.19. The molecule has 8 aliphatic carbocycles. The summed E-state index contributed by atoms with van der Waals surface area (Å²) in [6.07, 6.45) is 16.1. The van der Waals surface area contributed by atoms with Crippen molar-refractivity contribution in [3.63, 3.8) is 0 Å². The van der Waals surface area contributed by atoms with Crippen molar-refractivity contribution in [2.45, 2.75) is 83.2 Å². The maximum Gasteiger partial charge on any atom is -0.0173 e. The van der Waals surface area contributed by atoms with E-state index in [1.807, 2.05) is 0 Å². The molecule has 0 spiro atoms. The van der Waals surface area contributed by atoms with Crippen LogP contribution in [-0.4, -0.2) is 5.16 Å². The number of rotatable bonds is 3. The Kier molecular flexibility index (Phi) is 3.60. The molecule has 25 heavy (non-hydrogen) atoms. The molecule has 8 fully saturated rings. The van der Waals surface area contributed by atoms with E-state index in [0.717, 1.165) is 65.1 Å². The van der Waals surface area contributed by atoms with Crippen LogP contribution in [0.2, 0.25) is 0 Å². The topological polar surface area (TPSA) is 0 Å². The Morgan fingerprint density at radius 1 is 0.560 bits per heavy atom. The first kappa shape index (κ1) is 16.4. The van der Waals surface area contributed by atoms with Gasteiger partial charge in [-0.2, -0.15) is 0 Å². The molecule has 0 nitrogen and oxygen atoms in total. The van der Waals surface area contributed by atoms with E-state index < -0.39 is 0 Å². The lowest BCUT2D eigenvalue weighted by Crippen LogP contribution is -2.57. The van der Waals surface area contributed by atoms with E-state index in [0.29, 0.717) is 5.16 Å². The average Bonchev–Trinajstić information content (AvgIpc) is 2.50. The smallest absolute Gasteiger partial charge is 0.0173 e. The van der Waals surface area contributed by atoms with Crippen LogP contribution in [0, 0.1) is 65.1 Å². The summed E-state index contributed by atoms with van der Waals surface area (Å²) in [5, 5.41) is 0.445.